The van der Waals surface area contributed by atoms with Gasteiger partial charge in [-0.1, -0.05) is 28.9 Å². The summed E-state index contributed by atoms with van der Waals surface area (Å²) in [6.07, 6.45) is -0.233. The number of esters is 2. The molecule has 0 aliphatic rings. The average molecular weight is 446 g/mol. The molecule has 1 N–H and O–H groups in total. The molecule has 2 aromatic carbocycles. The number of rotatable bonds is 7. The lowest BCUT2D eigenvalue weighted by molar-refractivity contribution is -0.118. The highest BCUT2D eigenvalue weighted by Gasteiger charge is 2.17. The largest absolute Gasteiger partial charge is 0.465 e. The minimum absolute atomic E-state index is 0.0582. The molecule has 0 bridgehead atoms. The number of halogens is 1. The van der Waals surface area contributed by atoms with Gasteiger partial charge < -0.3 is 19.5 Å². The Morgan fingerprint density at radius 3 is 2.29 bits per heavy atom. The zero-order chi connectivity index (χ0) is 22.4. The van der Waals surface area contributed by atoms with Crippen molar-refractivity contribution in [3.8, 4) is 17.5 Å². The highest BCUT2D eigenvalue weighted by atomic mass is 35.5. The summed E-state index contributed by atoms with van der Waals surface area (Å²) in [7, 11) is 2.39. The van der Waals surface area contributed by atoms with Gasteiger partial charge in [0, 0.05) is 11.3 Å². The Labute approximate surface area is 181 Å². The van der Waals surface area contributed by atoms with Gasteiger partial charge in [0.05, 0.1) is 30.4 Å². The number of nitrogens with zero attached hydrogens (tertiary/aromatic N) is 2. The third-order valence-electron chi connectivity index (χ3n) is 3.91. The Hall–Kier alpha value is -3.92. The number of nitrogens with one attached hydrogen (secondary N) is 1. The van der Waals surface area contributed by atoms with Crippen LogP contribution >= 0.6 is 11.6 Å². The third kappa shape index (κ3) is 5.37. The fourth-order valence-electron chi connectivity index (χ4n) is 2.52. The molecule has 1 aromatic heterocycles. The fourth-order valence-corrected chi connectivity index (χ4v) is 2.74. The first-order valence-corrected chi connectivity index (χ1v) is 9.12. The maximum atomic E-state index is 12.2. The minimum atomic E-state index is -0.685. The Morgan fingerprint density at radius 1 is 1.03 bits per heavy atom. The molecule has 0 saturated heterocycles. The molecule has 31 heavy (non-hydrogen) atoms. The van der Waals surface area contributed by atoms with Crippen LogP contribution in [-0.2, 0) is 14.3 Å². The van der Waals surface area contributed by atoms with Crippen LogP contribution in [0.5, 0.6) is 6.08 Å². The van der Waals surface area contributed by atoms with Crippen LogP contribution in [0.1, 0.15) is 20.7 Å². The van der Waals surface area contributed by atoms with Crippen LogP contribution in [0.4, 0.5) is 5.69 Å². The average Bonchev–Trinajstić information content (AvgIpc) is 3.25. The highest BCUT2D eigenvalue weighted by Crippen LogP contribution is 2.26. The number of ether oxygens (including phenoxy) is 3. The monoisotopic (exact) mass is 445 g/mol. The van der Waals surface area contributed by atoms with Crippen LogP contribution in [0.25, 0.3) is 11.4 Å². The molecule has 10 nitrogen and oxygen atoms in total. The van der Waals surface area contributed by atoms with Crippen LogP contribution in [0.15, 0.2) is 47.0 Å². The number of hydrogen-bond acceptors (Lipinski definition) is 9. The van der Waals surface area contributed by atoms with Crippen LogP contribution in [0.3, 0.4) is 0 Å². The van der Waals surface area contributed by atoms with E-state index in [0.29, 0.717) is 10.6 Å². The van der Waals surface area contributed by atoms with Crippen molar-refractivity contribution in [2.75, 3.05) is 26.1 Å². The molecule has 0 radical (unpaired) electrons. The normalized spacial score (nSPS) is 10.3. The lowest BCUT2D eigenvalue weighted by Gasteiger charge is -2.09. The van der Waals surface area contributed by atoms with E-state index in [1.165, 1.54) is 32.4 Å². The van der Waals surface area contributed by atoms with Gasteiger partial charge in [-0.15, -0.1) is 0 Å². The zero-order valence-corrected chi connectivity index (χ0v) is 17.1. The molecule has 0 spiro atoms. The van der Waals surface area contributed by atoms with Gasteiger partial charge in [-0.05, 0) is 30.3 Å². The van der Waals surface area contributed by atoms with E-state index in [2.05, 4.69) is 24.9 Å². The van der Waals surface area contributed by atoms with Crippen molar-refractivity contribution < 1.29 is 33.1 Å². The number of carbonyl (C=O) groups is 3. The Kier molecular flexibility index (Phi) is 6.83. The van der Waals surface area contributed by atoms with E-state index in [-0.39, 0.29) is 28.7 Å². The van der Waals surface area contributed by atoms with Crippen LogP contribution in [0.2, 0.25) is 5.02 Å². The molecule has 1 amide bonds. The number of aromatic nitrogens is 2. The lowest BCUT2D eigenvalue weighted by Crippen LogP contribution is -2.21. The second-order valence-corrected chi connectivity index (χ2v) is 6.39. The fraction of sp³-hybridized carbons (Fsp3) is 0.150. The first-order chi connectivity index (χ1) is 14.9. The molecule has 0 fully saturated rings. The second-order valence-electron chi connectivity index (χ2n) is 5.98. The van der Waals surface area contributed by atoms with E-state index in [9.17, 15) is 14.4 Å². The second kappa shape index (κ2) is 9.72. The molecule has 1 heterocycles. The molecular weight excluding hydrogens is 430 g/mol. The summed E-state index contributed by atoms with van der Waals surface area (Å²) in [5.74, 6) is -1.77. The number of anilines is 1. The molecular formula is C20H16ClN3O7. The molecule has 3 rings (SSSR count). The van der Waals surface area contributed by atoms with Crippen molar-refractivity contribution in [3.05, 3.63) is 58.6 Å². The molecule has 160 valence electrons. The molecule has 0 aliphatic carbocycles. The lowest BCUT2D eigenvalue weighted by atomic mass is 10.1. The predicted octanol–water partition coefficient (Wildman–Crippen LogP) is 2.98. The van der Waals surface area contributed by atoms with Gasteiger partial charge in [-0.25, -0.2) is 9.59 Å². The van der Waals surface area contributed by atoms with Crippen LogP contribution in [-0.4, -0.2) is 48.8 Å². The van der Waals surface area contributed by atoms with Crippen molar-refractivity contribution in [2.45, 2.75) is 0 Å². The minimum Gasteiger partial charge on any atom is -0.465 e. The van der Waals surface area contributed by atoms with E-state index < -0.39 is 24.5 Å². The SMILES string of the molecule is COC(=O)c1cc(NC(=O)COc2nc(-c3ccccc3Cl)no2)cc(C(=O)OC)c1. The first kappa shape index (κ1) is 21.8. The van der Waals surface area contributed by atoms with Gasteiger partial charge in [0.15, 0.2) is 6.61 Å². The molecule has 11 heteroatoms. The molecule has 3 aromatic rings. The highest BCUT2D eigenvalue weighted by molar-refractivity contribution is 6.33. The molecule has 0 unspecified atom stereocenters. The number of amides is 1. The number of methoxy groups -OCH3 is 2. The Morgan fingerprint density at radius 2 is 1.68 bits per heavy atom. The van der Waals surface area contributed by atoms with Gasteiger partial charge in [0.2, 0.25) is 5.82 Å². The smallest absolute Gasteiger partial charge is 0.418 e. The van der Waals surface area contributed by atoms with Gasteiger partial charge in [-0.3, -0.25) is 9.32 Å². The standard InChI is InChI=1S/C20H16ClN3O7/c1-28-18(26)11-7-12(19(27)29-2)9-13(8-11)22-16(25)10-30-20-23-17(24-31-20)14-5-3-4-6-15(14)21/h3-9H,10H2,1-2H3,(H,22,25). The molecule has 0 atom stereocenters. The van der Waals surface area contributed by atoms with Gasteiger partial charge in [-0.2, -0.15) is 4.98 Å². The van der Waals surface area contributed by atoms with Gasteiger partial charge >= 0.3 is 18.0 Å². The van der Waals surface area contributed by atoms with Crippen molar-refractivity contribution in [1.82, 2.24) is 10.1 Å². The van der Waals surface area contributed by atoms with E-state index in [0.717, 1.165) is 0 Å². The predicted molar refractivity (Wildman–Crippen MR) is 108 cm³/mol. The van der Waals surface area contributed by atoms with E-state index in [1.54, 1.807) is 24.3 Å². The zero-order valence-electron chi connectivity index (χ0n) is 16.4. The van der Waals surface area contributed by atoms with Crippen LogP contribution in [0, 0.1) is 0 Å². The van der Waals surface area contributed by atoms with E-state index in [1.807, 2.05) is 0 Å². The maximum Gasteiger partial charge on any atom is 0.418 e. The summed E-state index contributed by atoms with van der Waals surface area (Å²) in [4.78, 5) is 39.9. The summed E-state index contributed by atoms with van der Waals surface area (Å²) in [5, 5.41) is 6.70. The van der Waals surface area contributed by atoms with Crippen molar-refractivity contribution in [2.24, 2.45) is 0 Å². The van der Waals surface area contributed by atoms with Crippen LogP contribution < -0.4 is 10.1 Å². The van der Waals surface area contributed by atoms with E-state index in [4.69, 9.17) is 20.9 Å². The maximum absolute atomic E-state index is 12.2. The Balaban J connectivity index is 1.68. The van der Waals surface area contributed by atoms with Gasteiger partial charge in [0.25, 0.3) is 5.91 Å². The summed E-state index contributed by atoms with van der Waals surface area (Å²) >= 11 is 6.08. The topological polar surface area (TPSA) is 130 Å². The molecule has 0 saturated carbocycles. The summed E-state index contributed by atoms with van der Waals surface area (Å²) in [6.45, 7) is -0.472. The number of benzene rings is 2. The number of hydrogen-bond donors (Lipinski definition) is 1. The van der Waals surface area contributed by atoms with Crippen molar-refractivity contribution >= 4 is 35.1 Å². The summed E-state index contributed by atoms with van der Waals surface area (Å²) in [6, 6.07) is 10.9. The summed E-state index contributed by atoms with van der Waals surface area (Å²) < 4.78 is 19.5. The third-order valence-corrected chi connectivity index (χ3v) is 4.24. The quantitative estimate of drug-likeness (QED) is 0.545. The van der Waals surface area contributed by atoms with E-state index >= 15 is 0 Å². The van der Waals surface area contributed by atoms with Crippen molar-refractivity contribution in [1.29, 1.82) is 0 Å². The first-order valence-electron chi connectivity index (χ1n) is 8.74. The van der Waals surface area contributed by atoms with Gasteiger partial charge in [0.1, 0.15) is 0 Å². The summed E-state index contributed by atoms with van der Waals surface area (Å²) in [5.41, 5.74) is 0.826. The molecule has 0 aliphatic heterocycles. The van der Waals surface area contributed by atoms with Crippen molar-refractivity contribution in [3.63, 3.8) is 0 Å². The number of carbonyl (C=O) groups excluding carboxylic acids is 3. The Bertz CT molecular complexity index is 1100.